The number of hydrogen-bond donors (Lipinski definition) is 0. The Hall–Kier alpha value is -3.18. The van der Waals surface area contributed by atoms with E-state index in [1.165, 1.54) is 5.69 Å². The van der Waals surface area contributed by atoms with E-state index in [0.717, 1.165) is 62.1 Å². The van der Waals surface area contributed by atoms with Gasteiger partial charge in [-0.05, 0) is 94.1 Å². The summed E-state index contributed by atoms with van der Waals surface area (Å²) in [5.74, 6) is -0.0129. The molecule has 0 aliphatic carbocycles. The maximum Gasteiger partial charge on any atom is 0.253 e. The third-order valence-corrected chi connectivity index (χ3v) is 7.28. The van der Waals surface area contributed by atoms with Crippen LogP contribution in [0.4, 0.5) is 15.8 Å². The average molecular weight is 488 g/mol. The van der Waals surface area contributed by atoms with Gasteiger partial charge in [0.25, 0.3) is 5.91 Å². The van der Waals surface area contributed by atoms with Crippen LogP contribution in [0.15, 0.2) is 78.9 Å². The van der Waals surface area contributed by atoms with Gasteiger partial charge < -0.3 is 14.7 Å². The number of amides is 1. The molecule has 0 unspecified atom stereocenters. The van der Waals surface area contributed by atoms with Gasteiger partial charge in [-0.1, -0.05) is 36.4 Å². The van der Waals surface area contributed by atoms with Crippen LogP contribution in [-0.2, 0) is 6.42 Å². The monoisotopic (exact) mass is 487 g/mol. The average Bonchev–Trinajstić information content (AvgIpc) is 2.92. The van der Waals surface area contributed by atoms with E-state index in [2.05, 4.69) is 46.2 Å². The highest BCUT2D eigenvalue weighted by atomic mass is 19.1. The van der Waals surface area contributed by atoms with Gasteiger partial charge >= 0.3 is 0 Å². The smallest absolute Gasteiger partial charge is 0.253 e. The molecule has 1 aliphatic heterocycles. The number of piperidine rings is 1. The van der Waals surface area contributed by atoms with Crippen LogP contribution in [0.5, 0.6) is 0 Å². The molecule has 3 aromatic rings. The standard InChI is InChI=1S/C31H38FN3O/c1-3-34(4-2)31(36)26-16-18-28(19-17-26)35(27-13-6-5-7-14-27)29-20-23-33(24-21-29)22-10-12-25-11-8-9-15-30(25)32/h5-9,11,13-19,29H,3-4,10,12,20-24H2,1-2H3. The molecule has 4 nitrogen and oxygen atoms in total. The fourth-order valence-electron chi connectivity index (χ4n) is 5.21. The first kappa shape index (κ1) is 25.9. The van der Waals surface area contributed by atoms with Crippen LogP contribution in [0.2, 0.25) is 0 Å². The fourth-order valence-corrected chi connectivity index (χ4v) is 5.21. The lowest BCUT2D eigenvalue weighted by Crippen LogP contribution is -2.43. The summed E-state index contributed by atoms with van der Waals surface area (Å²) in [6.07, 6.45) is 3.88. The van der Waals surface area contributed by atoms with E-state index in [1.54, 1.807) is 12.1 Å². The van der Waals surface area contributed by atoms with Gasteiger partial charge in [0.15, 0.2) is 0 Å². The van der Waals surface area contributed by atoms with Crippen molar-refractivity contribution in [1.82, 2.24) is 9.80 Å². The number of likely N-dealkylation sites (tertiary alicyclic amines) is 1. The van der Waals surface area contributed by atoms with Crippen LogP contribution in [-0.4, -0.2) is 54.5 Å². The summed E-state index contributed by atoms with van der Waals surface area (Å²) in [4.78, 5) is 19.6. The molecule has 1 fully saturated rings. The third-order valence-electron chi connectivity index (χ3n) is 7.28. The second kappa shape index (κ2) is 12.7. The molecule has 0 bridgehead atoms. The number of rotatable bonds is 10. The first-order valence-corrected chi connectivity index (χ1v) is 13.3. The van der Waals surface area contributed by atoms with Gasteiger partial charge in [-0.2, -0.15) is 0 Å². The van der Waals surface area contributed by atoms with Gasteiger partial charge in [-0.3, -0.25) is 4.79 Å². The topological polar surface area (TPSA) is 26.8 Å². The fraction of sp³-hybridized carbons (Fsp3) is 0.387. The van der Waals surface area contributed by atoms with Crippen molar-refractivity contribution < 1.29 is 9.18 Å². The van der Waals surface area contributed by atoms with E-state index >= 15 is 0 Å². The van der Waals surface area contributed by atoms with Crippen molar-refractivity contribution in [2.45, 2.75) is 45.6 Å². The van der Waals surface area contributed by atoms with Gasteiger partial charge in [0, 0.05) is 49.2 Å². The Morgan fingerprint density at radius 1 is 0.861 bits per heavy atom. The van der Waals surface area contributed by atoms with E-state index in [4.69, 9.17) is 0 Å². The van der Waals surface area contributed by atoms with Gasteiger partial charge in [-0.25, -0.2) is 4.39 Å². The van der Waals surface area contributed by atoms with Crippen LogP contribution in [0, 0.1) is 5.82 Å². The maximum absolute atomic E-state index is 13.9. The molecule has 0 spiro atoms. The number of carbonyl (C=O) groups excluding carboxylic acids is 1. The zero-order chi connectivity index (χ0) is 25.3. The molecule has 0 atom stereocenters. The van der Waals surface area contributed by atoms with E-state index in [1.807, 2.05) is 49.1 Å². The lowest BCUT2D eigenvalue weighted by molar-refractivity contribution is 0.0773. The van der Waals surface area contributed by atoms with E-state index < -0.39 is 0 Å². The number of benzene rings is 3. The molecular weight excluding hydrogens is 449 g/mol. The predicted octanol–water partition coefficient (Wildman–Crippen LogP) is 6.54. The summed E-state index contributed by atoms with van der Waals surface area (Å²) in [5, 5.41) is 0. The molecule has 0 saturated carbocycles. The Labute approximate surface area is 215 Å². The van der Waals surface area contributed by atoms with Crippen molar-refractivity contribution in [3.63, 3.8) is 0 Å². The van der Waals surface area contributed by atoms with Crippen molar-refractivity contribution in [1.29, 1.82) is 0 Å². The van der Waals surface area contributed by atoms with Gasteiger partial charge in [0.05, 0.1) is 0 Å². The van der Waals surface area contributed by atoms with Crippen LogP contribution in [0.3, 0.4) is 0 Å². The van der Waals surface area contributed by atoms with E-state index in [9.17, 15) is 9.18 Å². The van der Waals surface area contributed by atoms with Crippen molar-refractivity contribution in [3.05, 3.63) is 95.8 Å². The first-order chi connectivity index (χ1) is 17.6. The highest BCUT2D eigenvalue weighted by Crippen LogP contribution is 2.32. The Morgan fingerprint density at radius 2 is 1.47 bits per heavy atom. The van der Waals surface area contributed by atoms with E-state index in [-0.39, 0.29) is 11.7 Å². The number of para-hydroxylation sites is 1. The maximum atomic E-state index is 13.9. The van der Waals surface area contributed by atoms with Gasteiger partial charge in [0.2, 0.25) is 0 Å². The lowest BCUT2D eigenvalue weighted by atomic mass is 10.00. The molecule has 0 radical (unpaired) electrons. The summed E-state index contributed by atoms with van der Waals surface area (Å²) >= 11 is 0. The Morgan fingerprint density at radius 3 is 2.11 bits per heavy atom. The number of aryl methyl sites for hydroxylation is 1. The molecule has 0 N–H and O–H groups in total. The second-order valence-corrected chi connectivity index (χ2v) is 9.50. The van der Waals surface area contributed by atoms with Crippen molar-refractivity contribution in [2.24, 2.45) is 0 Å². The zero-order valence-corrected chi connectivity index (χ0v) is 21.6. The second-order valence-electron chi connectivity index (χ2n) is 9.50. The normalized spacial score (nSPS) is 14.5. The van der Waals surface area contributed by atoms with Gasteiger partial charge in [0.1, 0.15) is 5.82 Å². The summed E-state index contributed by atoms with van der Waals surface area (Å²) in [6.45, 7) is 8.51. The van der Waals surface area contributed by atoms with Crippen LogP contribution >= 0.6 is 0 Å². The third kappa shape index (κ3) is 6.33. The highest BCUT2D eigenvalue weighted by molar-refractivity contribution is 5.94. The number of hydrogen-bond acceptors (Lipinski definition) is 3. The highest BCUT2D eigenvalue weighted by Gasteiger charge is 2.26. The molecule has 1 saturated heterocycles. The van der Waals surface area contributed by atoms with Crippen molar-refractivity contribution in [3.8, 4) is 0 Å². The molecule has 1 aliphatic rings. The summed E-state index contributed by atoms with van der Waals surface area (Å²) in [6, 6.07) is 26.1. The summed E-state index contributed by atoms with van der Waals surface area (Å²) in [7, 11) is 0. The number of anilines is 2. The Bertz CT molecular complexity index is 1090. The number of carbonyl (C=O) groups is 1. The van der Waals surface area contributed by atoms with Gasteiger partial charge in [-0.15, -0.1) is 0 Å². The molecule has 190 valence electrons. The zero-order valence-electron chi connectivity index (χ0n) is 21.6. The Kier molecular flexibility index (Phi) is 9.12. The molecule has 0 aromatic heterocycles. The molecular formula is C31H38FN3O. The first-order valence-electron chi connectivity index (χ1n) is 13.3. The molecule has 4 rings (SSSR count). The minimum absolute atomic E-state index is 0.0847. The minimum atomic E-state index is -0.0977. The minimum Gasteiger partial charge on any atom is -0.339 e. The van der Waals surface area contributed by atoms with Crippen LogP contribution in [0.1, 0.15) is 49.0 Å². The quantitative estimate of drug-likeness (QED) is 0.325. The van der Waals surface area contributed by atoms with Crippen LogP contribution in [0.25, 0.3) is 0 Å². The summed E-state index contributed by atoms with van der Waals surface area (Å²) < 4.78 is 13.9. The number of halogens is 1. The largest absolute Gasteiger partial charge is 0.339 e. The summed E-state index contributed by atoms with van der Waals surface area (Å²) in [5.41, 5.74) is 3.85. The molecule has 5 heteroatoms. The molecule has 1 amide bonds. The van der Waals surface area contributed by atoms with Crippen molar-refractivity contribution >= 4 is 17.3 Å². The molecule has 1 heterocycles. The molecule has 36 heavy (non-hydrogen) atoms. The Balaban J connectivity index is 1.41. The number of nitrogens with zero attached hydrogens (tertiary/aromatic N) is 3. The SMILES string of the molecule is CCN(CC)C(=O)c1ccc(N(c2ccccc2)C2CCN(CCCc3ccccc3F)CC2)cc1. The lowest BCUT2D eigenvalue weighted by Gasteiger charge is -2.40. The molecule has 3 aromatic carbocycles. The van der Waals surface area contributed by atoms with E-state index in [0.29, 0.717) is 19.1 Å². The van der Waals surface area contributed by atoms with Crippen LogP contribution < -0.4 is 4.90 Å². The van der Waals surface area contributed by atoms with Crippen molar-refractivity contribution in [2.75, 3.05) is 37.6 Å². The predicted molar refractivity (Wildman–Crippen MR) is 146 cm³/mol.